The maximum Gasteiger partial charge on any atom is 0.0561 e. The number of hydrogen-bond donors (Lipinski definition) is 0. The van der Waals surface area contributed by atoms with Crippen molar-refractivity contribution in [3.63, 3.8) is 0 Å². The van der Waals surface area contributed by atoms with E-state index in [1.54, 1.807) is 0 Å². The molecule has 0 aliphatic heterocycles. The molecule has 0 fully saturated rings. The van der Waals surface area contributed by atoms with E-state index in [4.69, 9.17) is 0 Å². The minimum Gasteiger partial charge on any atom is -0.310 e. The van der Waals surface area contributed by atoms with Gasteiger partial charge in [0.2, 0.25) is 0 Å². The van der Waals surface area contributed by atoms with Crippen LogP contribution in [-0.4, -0.2) is 9.13 Å². The molecule has 662 valence electrons. The van der Waals surface area contributed by atoms with Crippen molar-refractivity contribution in [3.8, 4) is 22.5 Å². The molecule has 0 radical (unpaired) electrons. The highest BCUT2D eigenvalue weighted by Crippen LogP contribution is 2.51. The lowest BCUT2D eigenvalue weighted by Gasteiger charge is -2.27. The minimum absolute atomic E-state index is 1.08. The first-order valence-corrected chi connectivity index (χ1v) is 49.1. The Labute approximate surface area is 820 Å². The lowest BCUT2D eigenvalue weighted by Crippen LogP contribution is -2.10. The largest absolute Gasteiger partial charge is 0.310 e. The average Bonchev–Trinajstić information content (AvgIpc) is 1.58. The second kappa shape index (κ2) is 36.6. The van der Waals surface area contributed by atoms with Crippen LogP contribution in [-0.2, 0) is 0 Å². The van der Waals surface area contributed by atoms with Crippen LogP contribution < -0.4 is 29.4 Å². The lowest BCUT2D eigenvalue weighted by molar-refractivity contribution is 1.17. The maximum absolute atomic E-state index is 2.43. The second-order valence-corrected chi connectivity index (χ2v) is 37.3. The molecule has 0 N–H and O–H groups in total. The molecule has 0 aliphatic carbocycles. The summed E-state index contributed by atoms with van der Waals surface area (Å²) >= 11 is 3.70. The summed E-state index contributed by atoms with van der Waals surface area (Å²) in [5.74, 6) is 0. The summed E-state index contributed by atoms with van der Waals surface area (Å²) in [6.07, 6.45) is 0. The molecular formula is C130H90N8S2. The zero-order valence-corrected chi connectivity index (χ0v) is 78.0. The second-order valence-electron chi connectivity index (χ2n) is 35.2. The molecule has 4 heterocycles. The van der Waals surface area contributed by atoms with Gasteiger partial charge in [-0.2, -0.15) is 0 Å². The van der Waals surface area contributed by atoms with Gasteiger partial charge in [0.15, 0.2) is 0 Å². The average molecular weight is 1830 g/mol. The van der Waals surface area contributed by atoms with Gasteiger partial charge in [0.25, 0.3) is 0 Å². The van der Waals surface area contributed by atoms with Crippen LogP contribution in [0.25, 0.3) is 117 Å². The number of aromatic nitrogens is 2. The van der Waals surface area contributed by atoms with Crippen molar-refractivity contribution in [1.82, 2.24) is 9.13 Å². The number of anilines is 18. The third-order valence-electron chi connectivity index (χ3n) is 26.8. The van der Waals surface area contributed by atoms with Gasteiger partial charge >= 0.3 is 0 Å². The summed E-state index contributed by atoms with van der Waals surface area (Å²) in [4.78, 5) is 14.2. The van der Waals surface area contributed by atoms with Crippen molar-refractivity contribution in [2.24, 2.45) is 0 Å². The Balaban J connectivity index is 0.000000149. The zero-order chi connectivity index (χ0) is 92.8. The van der Waals surface area contributed by atoms with Crippen molar-refractivity contribution < 1.29 is 0 Å². The van der Waals surface area contributed by atoms with Crippen LogP contribution in [0.3, 0.4) is 0 Å². The predicted octanol–water partition coefficient (Wildman–Crippen LogP) is 37.9. The molecule has 0 saturated carbocycles. The molecule has 0 saturated heterocycles. The molecule has 0 aliphatic rings. The van der Waals surface area contributed by atoms with Gasteiger partial charge in [0, 0.05) is 175 Å². The van der Waals surface area contributed by atoms with Crippen LogP contribution in [0.1, 0.15) is 0 Å². The molecule has 8 nitrogen and oxygen atoms in total. The van der Waals surface area contributed by atoms with Crippen LogP contribution in [0.5, 0.6) is 0 Å². The van der Waals surface area contributed by atoms with E-state index in [9.17, 15) is 0 Å². The Morgan fingerprint density at radius 3 is 0.771 bits per heavy atom. The third kappa shape index (κ3) is 15.7. The van der Waals surface area contributed by atoms with E-state index in [0.717, 1.165) is 136 Å². The number of nitrogens with zero attached hydrogens (tertiary/aromatic N) is 8. The van der Waals surface area contributed by atoms with E-state index in [1.165, 1.54) is 83.8 Å². The number of thiophene rings is 2. The standard InChI is InChI=1S/C70H48N4S.C60H42N4S/c1-6-19-49(20-7-1)50-33-35-56(36-34-50)72(58-40-44-69-65(46-58)63-42-38-60(48-70(63)75-69)73(54-27-12-4-13-28-54)66-32-18-22-51-21-16-17-31-61(51)66)57-39-43-67-64(45-57)62-41-37-59(47-68(62)74(67)55-29-14-5-15-30-55)71(52-23-8-2-9-24-52)53-25-10-3-11-26-53;1-7-19-43(20-8-1)61(44-21-9-2-10-22-44)51-31-35-53-55-39-49(33-37-57(55)64(58(53)41-51)48-29-17-6-18-30-48)63(47-27-15-5-16-28-47)50-34-38-59-56(40-50)54-36-32-52(42-60(54)65-59)62(45-23-11-3-12-24-45)46-25-13-4-14-26-46/h1-48H;1-42H. The van der Waals surface area contributed by atoms with Gasteiger partial charge in [-0.05, 0) is 277 Å². The summed E-state index contributed by atoms with van der Waals surface area (Å²) in [7, 11) is 0. The molecule has 4 aromatic heterocycles. The van der Waals surface area contributed by atoms with Gasteiger partial charge in [-0.3, -0.25) is 0 Å². The minimum atomic E-state index is 1.08. The summed E-state index contributed by atoms with van der Waals surface area (Å²) in [5, 5.41) is 12.1. The Morgan fingerprint density at radius 1 is 0.136 bits per heavy atom. The van der Waals surface area contributed by atoms with Crippen LogP contribution in [0.15, 0.2) is 546 Å². The van der Waals surface area contributed by atoms with Crippen molar-refractivity contribution in [1.29, 1.82) is 0 Å². The van der Waals surface area contributed by atoms with Gasteiger partial charge in [-0.1, -0.05) is 285 Å². The number of para-hydroxylation sites is 10. The summed E-state index contributed by atoms with van der Waals surface area (Å²) < 4.78 is 9.84. The smallest absolute Gasteiger partial charge is 0.0561 e. The van der Waals surface area contributed by atoms with Crippen LogP contribution in [0, 0.1) is 0 Å². The Morgan fingerprint density at radius 2 is 0.393 bits per heavy atom. The lowest BCUT2D eigenvalue weighted by atomic mass is 10.0. The Bertz CT molecular complexity index is 8860. The summed E-state index contributed by atoms with van der Waals surface area (Å²) in [6.45, 7) is 0. The summed E-state index contributed by atoms with van der Waals surface area (Å²) in [6, 6.07) is 197. The van der Waals surface area contributed by atoms with Gasteiger partial charge in [0.1, 0.15) is 0 Å². The van der Waals surface area contributed by atoms with Crippen molar-refractivity contribution >= 4 is 220 Å². The molecule has 10 heteroatoms. The van der Waals surface area contributed by atoms with Crippen molar-refractivity contribution in [2.75, 3.05) is 29.4 Å². The van der Waals surface area contributed by atoms with Crippen molar-refractivity contribution in [3.05, 3.63) is 546 Å². The molecule has 0 bridgehead atoms. The zero-order valence-electron chi connectivity index (χ0n) is 76.4. The van der Waals surface area contributed by atoms with Crippen LogP contribution >= 0.6 is 22.7 Å². The highest BCUT2D eigenvalue weighted by molar-refractivity contribution is 7.26. The van der Waals surface area contributed by atoms with E-state index in [0.29, 0.717) is 0 Å². The number of hydrogen-bond acceptors (Lipinski definition) is 8. The Kier molecular flexibility index (Phi) is 21.9. The molecular weight excluding hydrogens is 1740 g/mol. The molecule has 0 spiro atoms. The predicted molar refractivity (Wildman–Crippen MR) is 598 cm³/mol. The number of rotatable bonds is 21. The van der Waals surface area contributed by atoms with E-state index >= 15 is 0 Å². The fourth-order valence-electron chi connectivity index (χ4n) is 20.4. The highest BCUT2D eigenvalue weighted by atomic mass is 32.1. The third-order valence-corrected chi connectivity index (χ3v) is 29.1. The SMILES string of the molecule is c1ccc(-c2ccc(N(c3ccc4sc5cc(N(c6ccccc6)c6cccc7ccccc67)ccc5c4c3)c3ccc4c(c3)c3ccc(N(c5ccccc5)c5ccccc5)cc3n4-c3ccccc3)cc2)cc1.c1ccc(N(c2ccccc2)c2ccc3c(c2)sc2ccc(N(c4ccccc4)c4ccc5c(c4)c4ccc(N(c6ccccc6)c6ccccc6)cc4n5-c4ccccc4)cc23)cc1. The van der Waals surface area contributed by atoms with E-state index < -0.39 is 0 Å². The maximum atomic E-state index is 2.43. The monoisotopic (exact) mass is 1830 g/mol. The van der Waals surface area contributed by atoms with E-state index in [1.807, 2.05) is 22.7 Å². The first-order valence-electron chi connectivity index (χ1n) is 47.5. The fourth-order valence-corrected chi connectivity index (χ4v) is 22.7. The first kappa shape index (κ1) is 83.7. The molecule has 22 aromatic carbocycles. The fraction of sp³-hybridized carbons (Fsp3) is 0. The van der Waals surface area contributed by atoms with Gasteiger partial charge in [0.05, 0.1) is 27.8 Å². The molecule has 140 heavy (non-hydrogen) atoms. The van der Waals surface area contributed by atoms with Crippen molar-refractivity contribution in [2.45, 2.75) is 0 Å². The molecule has 0 amide bonds. The van der Waals surface area contributed by atoms with Gasteiger partial charge in [-0.25, -0.2) is 0 Å². The molecule has 0 unspecified atom stereocenters. The molecule has 0 atom stereocenters. The number of benzene rings is 22. The molecule has 26 aromatic rings. The van der Waals surface area contributed by atoms with E-state index in [-0.39, 0.29) is 0 Å². The normalized spacial score (nSPS) is 11.4. The quantitative estimate of drug-likeness (QED) is 0.0712. The van der Waals surface area contributed by atoms with Gasteiger partial charge < -0.3 is 38.5 Å². The van der Waals surface area contributed by atoms with Crippen LogP contribution in [0.4, 0.5) is 102 Å². The number of fused-ring (bicyclic) bond motifs is 13. The Hall–Kier alpha value is -18.1. The first-order chi connectivity index (χ1) is 69.4. The highest BCUT2D eigenvalue weighted by Gasteiger charge is 2.27. The summed E-state index contributed by atoms with van der Waals surface area (Å²) in [5.41, 5.74) is 29.2. The molecule has 26 rings (SSSR count). The van der Waals surface area contributed by atoms with E-state index in [2.05, 4.69) is 585 Å². The topological polar surface area (TPSA) is 29.3 Å². The van der Waals surface area contributed by atoms with Gasteiger partial charge in [-0.15, -0.1) is 22.7 Å². The van der Waals surface area contributed by atoms with Crippen LogP contribution in [0.2, 0.25) is 0 Å².